The quantitative estimate of drug-likeness (QED) is 0.257. The topological polar surface area (TPSA) is 100 Å². The lowest BCUT2D eigenvalue weighted by atomic mass is 9.89. The summed E-state index contributed by atoms with van der Waals surface area (Å²) in [5, 5.41) is 12.2. The molecule has 0 saturated carbocycles. The lowest BCUT2D eigenvalue weighted by molar-refractivity contribution is -0.127. The first-order valence-electron chi connectivity index (χ1n) is 14.7. The Morgan fingerprint density at radius 1 is 1.07 bits per heavy atom. The van der Waals surface area contributed by atoms with Crippen molar-refractivity contribution in [2.24, 2.45) is 5.92 Å². The van der Waals surface area contributed by atoms with Gasteiger partial charge in [0.2, 0.25) is 5.91 Å². The predicted octanol–water partition coefficient (Wildman–Crippen LogP) is 4.80. The standard InChI is InChI=1S/C33H35N5O.C2H4O2/c34-20-26-13-15-27(16-14-26)22-38-25-35-21-31(38)17-18-36-33(39)30-12-7-19-37(23-30)24-32(28-8-3-1-4-9-28)29-10-5-2-6-11-29;1-4-2-3/h1-6,8-11,13-16,21,25,30,32H,7,12,17-19,22-24H2,(H,36,39);2H,1H3/t30-;/m0./s1. The van der Waals surface area contributed by atoms with Crippen LogP contribution in [0.2, 0.25) is 0 Å². The zero-order valence-corrected chi connectivity index (χ0v) is 24.6. The summed E-state index contributed by atoms with van der Waals surface area (Å²) in [6.07, 6.45) is 6.38. The lowest BCUT2D eigenvalue weighted by Crippen LogP contribution is -2.44. The first-order valence-corrected chi connectivity index (χ1v) is 14.7. The highest BCUT2D eigenvalue weighted by Crippen LogP contribution is 2.28. The monoisotopic (exact) mass is 577 g/mol. The van der Waals surface area contributed by atoms with Gasteiger partial charge in [0.05, 0.1) is 31.0 Å². The summed E-state index contributed by atoms with van der Waals surface area (Å²) in [5.74, 6) is 0.439. The van der Waals surface area contributed by atoms with Crippen molar-refractivity contribution in [3.8, 4) is 6.07 Å². The summed E-state index contributed by atoms with van der Waals surface area (Å²) < 4.78 is 5.96. The predicted molar refractivity (Wildman–Crippen MR) is 166 cm³/mol. The molecule has 43 heavy (non-hydrogen) atoms. The van der Waals surface area contributed by atoms with Crippen molar-refractivity contribution in [2.45, 2.75) is 31.7 Å². The number of benzene rings is 3. The summed E-state index contributed by atoms with van der Waals surface area (Å²) in [7, 11) is 1.31. The van der Waals surface area contributed by atoms with Gasteiger partial charge in [0.25, 0.3) is 6.47 Å². The second kappa shape index (κ2) is 16.6. The van der Waals surface area contributed by atoms with Gasteiger partial charge in [-0.3, -0.25) is 9.59 Å². The molecule has 8 heteroatoms. The van der Waals surface area contributed by atoms with Gasteiger partial charge in [-0.05, 0) is 48.2 Å². The van der Waals surface area contributed by atoms with E-state index in [1.165, 1.54) is 18.2 Å². The van der Waals surface area contributed by atoms with Crippen LogP contribution in [-0.2, 0) is 27.3 Å². The van der Waals surface area contributed by atoms with Crippen molar-refractivity contribution in [1.29, 1.82) is 5.26 Å². The SMILES string of the molecule is COC=O.N#Cc1ccc(Cn2cncc2CCNC(=O)[C@H]2CCCN(CC(c3ccccc3)c3ccccc3)C2)cc1. The largest absolute Gasteiger partial charge is 0.471 e. The van der Waals surface area contributed by atoms with E-state index in [-0.39, 0.29) is 17.7 Å². The van der Waals surface area contributed by atoms with Crippen LogP contribution in [-0.4, -0.2) is 60.1 Å². The molecule has 1 atom stereocenters. The van der Waals surface area contributed by atoms with Crippen molar-refractivity contribution in [3.63, 3.8) is 0 Å². The molecule has 1 N–H and O–H groups in total. The summed E-state index contributed by atoms with van der Waals surface area (Å²) in [4.78, 5) is 28.9. The third kappa shape index (κ3) is 9.38. The molecule has 0 bridgehead atoms. The van der Waals surface area contributed by atoms with E-state index in [9.17, 15) is 4.79 Å². The summed E-state index contributed by atoms with van der Waals surface area (Å²) in [5.41, 5.74) is 5.48. The maximum atomic E-state index is 13.1. The molecule has 0 radical (unpaired) electrons. The van der Waals surface area contributed by atoms with E-state index in [2.05, 4.69) is 91.2 Å². The second-order valence-corrected chi connectivity index (χ2v) is 10.7. The van der Waals surface area contributed by atoms with Crippen LogP contribution in [0.3, 0.4) is 0 Å². The molecule has 0 aliphatic carbocycles. The number of methoxy groups -OCH3 is 1. The first-order chi connectivity index (χ1) is 21.1. The van der Waals surface area contributed by atoms with Crippen LogP contribution in [0.25, 0.3) is 0 Å². The number of rotatable bonds is 11. The molecule has 1 aromatic heterocycles. The molecule has 0 spiro atoms. The number of imidazole rings is 1. The zero-order chi connectivity index (χ0) is 30.3. The highest BCUT2D eigenvalue weighted by atomic mass is 16.5. The molecule has 4 aromatic rings. The van der Waals surface area contributed by atoms with Gasteiger partial charge in [0.15, 0.2) is 0 Å². The fourth-order valence-electron chi connectivity index (χ4n) is 5.51. The van der Waals surface area contributed by atoms with Crippen molar-refractivity contribution in [3.05, 3.63) is 125 Å². The van der Waals surface area contributed by atoms with Gasteiger partial charge in [0, 0.05) is 50.4 Å². The summed E-state index contributed by atoms with van der Waals surface area (Å²) in [6, 6.07) is 31.1. The number of amides is 1. The minimum atomic E-state index is 0.00880. The van der Waals surface area contributed by atoms with E-state index in [0.717, 1.165) is 50.2 Å². The number of nitrogens with one attached hydrogen (secondary N) is 1. The maximum Gasteiger partial charge on any atom is 0.292 e. The number of nitrogens with zero attached hydrogens (tertiary/aromatic N) is 4. The number of carbonyl (C=O) groups is 2. The van der Waals surface area contributed by atoms with E-state index in [1.807, 2.05) is 36.8 Å². The van der Waals surface area contributed by atoms with Gasteiger partial charge >= 0.3 is 0 Å². The van der Waals surface area contributed by atoms with Crippen LogP contribution in [0.15, 0.2) is 97.5 Å². The third-order valence-electron chi connectivity index (χ3n) is 7.73. The third-order valence-corrected chi connectivity index (χ3v) is 7.73. The molecule has 5 rings (SSSR count). The Hall–Kier alpha value is -4.74. The summed E-state index contributed by atoms with van der Waals surface area (Å²) >= 11 is 0. The number of carbonyl (C=O) groups excluding carboxylic acids is 2. The maximum absolute atomic E-state index is 13.1. The average molecular weight is 578 g/mol. The lowest BCUT2D eigenvalue weighted by Gasteiger charge is -2.34. The van der Waals surface area contributed by atoms with Gasteiger partial charge < -0.3 is 19.5 Å². The Morgan fingerprint density at radius 2 is 1.72 bits per heavy atom. The van der Waals surface area contributed by atoms with Gasteiger partial charge in [-0.25, -0.2) is 4.98 Å². The Labute approximate surface area is 253 Å². The van der Waals surface area contributed by atoms with Crippen LogP contribution in [0.1, 0.15) is 46.7 Å². The van der Waals surface area contributed by atoms with Crippen LogP contribution < -0.4 is 5.32 Å². The number of aromatic nitrogens is 2. The van der Waals surface area contributed by atoms with Gasteiger partial charge in [-0.1, -0.05) is 72.8 Å². The van der Waals surface area contributed by atoms with E-state index < -0.39 is 0 Å². The number of likely N-dealkylation sites (tertiary alicyclic amines) is 1. The number of ether oxygens (including phenoxy) is 1. The van der Waals surface area contributed by atoms with Gasteiger partial charge in [-0.15, -0.1) is 0 Å². The van der Waals surface area contributed by atoms with Crippen molar-refractivity contribution in [1.82, 2.24) is 19.8 Å². The van der Waals surface area contributed by atoms with Gasteiger partial charge in [0.1, 0.15) is 0 Å². The second-order valence-electron chi connectivity index (χ2n) is 10.7. The van der Waals surface area contributed by atoms with Crippen molar-refractivity contribution < 1.29 is 14.3 Å². The molecule has 1 amide bonds. The zero-order valence-electron chi connectivity index (χ0n) is 24.6. The highest BCUT2D eigenvalue weighted by Gasteiger charge is 2.28. The van der Waals surface area contributed by atoms with Crippen LogP contribution >= 0.6 is 0 Å². The number of nitriles is 1. The molecule has 1 aliphatic heterocycles. The fourth-order valence-corrected chi connectivity index (χ4v) is 5.51. The molecule has 1 fully saturated rings. The van der Waals surface area contributed by atoms with Gasteiger partial charge in [-0.2, -0.15) is 5.26 Å². The van der Waals surface area contributed by atoms with Crippen LogP contribution in [0.4, 0.5) is 0 Å². The normalized spacial score (nSPS) is 14.7. The van der Waals surface area contributed by atoms with E-state index in [0.29, 0.717) is 25.1 Å². The molecular formula is C35H39N5O3. The number of piperidine rings is 1. The van der Waals surface area contributed by atoms with E-state index >= 15 is 0 Å². The van der Waals surface area contributed by atoms with Crippen molar-refractivity contribution in [2.75, 3.05) is 33.3 Å². The molecule has 1 saturated heterocycles. The Morgan fingerprint density at radius 3 is 2.33 bits per heavy atom. The molecule has 1 aliphatic rings. The van der Waals surface area contributed by atoms with E-state index in [4.69, 9.17) is 10.1 Å². The number of hydrogen-bond acceptors (Lipinski definition) is 6. The molecule has 8 nitrogen and oxygen atoms in total. The Bertz CT molecular complexity index is 1410. The molecule has 2 heterocycles. The Kier molecular flexibility index (Phi) is 12.1. The molecule has 222 valence electrons. The highest BCUT2D eigenvalue weighted by molar-refractivity contribution is 5.79. The van der Waals surface area contributed by atoms with E-state index in [1.54, 1.807) is 0 Å². The smallest absolute Gasteiger partial charge is 0.292 e. The first kappa shape index (κ1) is 31.2. The Balaban J connectivity index is 0.000000996. The average Bonchev–Trinajstić information content (AvgIpc) is 3.51. The van der Waals surface area contributed by atoms with Crippen molar-refractivity contribution >= 4 is 12.4 Å². The minimum absolute atomic E-state index is 0.00880. The fraction of sp³-hybridized carbons (Fsp3) is 0.314. The number of hydrogen-bond donors (Lipinski definition) is 1. The summed E-state index contributed by atoms with van der Waals surface area (Å²) in [6.45, 7) is 4.38. The minimum Gasteiger partial charge on any atom is -0.471 e. The molecule has 3 aromatic carbocycles. The van der Waals surface area contributed by atoms with Crippen LogP contribution in [0, 0.1) is 17.2 Å². The molecular weight excluding hydrogens is 538 g/mol. The van der Waals surface area contributed by atoms with Crippen LogP contribution in [0.5, 0.6) is 0 Å². The molecule has 0 unspecified atom stereocenters.